The van der Waals surface area contributed by atoms with E-state index >= 15 is 0 Å². The van der Waals surface area contributed by atoms with Crippen molar-refractivity contribution in [1.82, 2.24) is 15.5 Å². The van der Waals surface area contributed by atoms with Gasteiger partial charge in [-0.1, -0.05) is 29.8 Å². The van der Waals surface area contributed by atoms with Crippen molar-refractivity contribution in [3.63, 3.8) is 0 Å². The topological polar surface area (TPSA) is 62.0 Å². The molecule has 0 radical (unpaired) electrons. The molecule has 6 heteroatoms. The summed E-state index contributed by atoms with van der Waals surface area (Å²) >= 11 is 0. The summed E-state index contributed by atoms with van der Waals surface area (Å²) in [6.07, 6.45) is 3.64. The number of nitrogens with one attached hydrogen (secondary N) is 2. The number of benzene rings is 1. The molecule has 3 rings (SSSR count). The van der Waals surface area contributed by atoms with Gasteiger partial charge in [-0.05, 0) is 37.6 Å². The third kappa shape index (κ3) is 7.37. The summed E-state index contributed by atoms with van der Waals surface area (Å²) in [5.41, 5.74) is 2.49. The maximum Gasteiger partial charge on any atom is 0.191 e. The van der Waals surface area contributed by atoms with Crippen LogP contribution >= 0.6 is 0 Å². The number of nitrogens with zero attached hydrogens (tertiary/aromatic N) is 2. The van der Waals surface area contributed by atoms with Crippen LogP contribution in [0.25, 0.3) is 0 Å². The Labute approximate surface area is 168 Å². The number of aryl methyl sites for hydroxylation is 1. The second kappa shape index (κ2) is 11.5. The van der Waals surface area contributed by atoms with Gasteiger partial charge in [-0.15, -0.1) is 0 Å². The zero-order valence-electron chi connectivity index (χ0n) is 16.8. The number of guanidine groups is 1. The molecule has 2 heterocycles. The Hall–Kier alpha value is -2.31. The molecule has 2 aromatic rings. The number of furan rings is 1. The third-order valence-electron chi connectivity index (χ3n) is 4.79. The minimum atomic E-state index is 0.668. The molecule has 1 aliphatic rings. The third-order valence-corrected chi connectivity index (χ3v) is 4.79. The standard InChI is InChI=1S/C22H32N4O2/c1-19-5-2-6-20(17-19)18-25-22(24-10-8-21-7-3-14-28-21)23-9-4-11-26-12-15-27-16-13-26/h2-3,5-7,14,17H,4,8-13,15-16,18H2,1H3,(H2,23,24,25). The van der Waals surface area contributed by atoms with E-state index in [1.807, 2.05) is 12.1 Å². The van der Waals surface area contributed by atoms with Crippen LogP contribution in [0.5, 0.6) is 0 Å². The molecule has 0 aliphatic carbocycles. The summed E-state index contributed by atoms with van der Waals surface area (Å²) in [6.45, 7) is 9.34. The SMILES string of the molecule is Cc1cccc(CN=C(NCCCN2CCOCC2)NCCc2ccco2)c1. The lowest BCUT2D eigenvalue weighted by atomic mass is 10.1. The second-order valence-electron chi connectivity index (χ2n) is 7.14. The lowest BCUT2D eigenvalue weighted by Crippen LogP contribution is -2.41. The van der Waals surface area contributed by atoms with Gasteiger partial charge in [0.2, 0.25) is 0 Å². The highest BCUT2D eigenvalue weighted by Crippen LogP contribution is 2.05. The molecule has 1 fully saturated rings. The van der Waals surface area contributed by atoms with Gasteiger partial charge in [0.15, 0.2) is 5.96 Å². The normalized spacial score (nSPS) is 15.5. The van der Waals surface area contributed by atoms with E-state index in [1.54, 1.807) is 6.26 Å². The fourth-order valence-electron chi connectivity index (χ4n) is 3.25. The van der Waals surface area contributed by atoms with Crippen LogP contribution < -0.4 is 10.6 Å². The van der Waals surface area contributed by atoms with Gasteiger partial charge < -0.3 is 19.8 Å². The molecular formula is C22H32N4O2. The largest absolute Gasteiger partial charge is 0.469 e. The second-order valence-corrected chi connectivity index (χ2v) is 7.14. The predicted octanol–water partition coefficient (Wildman–Crippen LogP) is 2.59. The van der Waals surface area contributed by atoms with Gasteiger partial charge in [-0.3, -0.25) is 4.90 Å². The van der Waals surface area contributed by atoms with Crippen LogP contribution in [0.3, 0.4) is 0 Å². The Morgan fingerprint density at radius 1 is 1.11 bits per heavy atom. The fourth-order valence-corrected chi connectivity index (χ4v) is 3.25. The molecule has 1 aliphatic heterocycles. The first-order valence-electron chi connectivity index (χ1n) is 10.2. The van der Waals surface area contributed by atoms with E-state index in [-0.39, 0.29) is 0 Å². The van der Waals surface area contributed by atoms with Crippen LogP contribution in [-0.4, -0.2) is 56.8 Å². The first-order chi connectivity index (χ1) is 13.8. The zero-order valence-corrected chi connectivity index (χ0v) is 16.8. The Morgan fingerprint density at radius 3 is 2.75 bits per heavy atom. The van der Waals surface area contributed by atoms with Crippen molar-refractivity contribution in [2.24, 2.45) is 4.99 Å². The van der Waals surface area contributed by atoms with Crippen molar-refractivity contribution >= 4 is 5.96 Å². The minimum absolute atomic E-state index is 0.668. The molecule has 6 nitrogen and oxygen atoms in total. The van der Waals surface area contributed by atoms with E-state index in [2.05, 4.69) is 46.7 Å². The number of aliphatic imine (C=N–C) groups is 1. The maximum absolute atomic E-state index is 5.41. The van der Waals surface area contributed by atoms with Crippen molar-refractivity contribution < 1.29 is 9.15 Å². The highest BCUT2D eigenvalue weighted by atomic mass is 16.5. The summed E-state index contributed by atoms with van der Waals surface area (Å²) in [4.78, 5) is 7.23. The smallest absolute Gasteiger partial charge is 0.191 e. The number of morpholine rings is 1. The van der Waals surface area contributed by atoms with Crippen molar-refractivity contribution in [2.45, 2.75) is 26.3 Å². The average Bonchev–Trinajstić information content (AvgIpc) is 3.23. The maximum atomic E-state index is 5.41. The van der Waals surface area contributed by atoms with Gasteiger partial charge in [-0.25, -0.2) is 4.99 Å². The molecule has 0 amide bonds. The summed E-state index contributed by atoms with van der Waals surface area (Å²) < 4.78 is 10.8. The Morgan fingerprint density at radius 2 is 1.96 bits per heavy atom. The van der Waals surface area contributed by atoms with Crippen LogP contribution in [-0.2, 0) is 17.7 Å². The quantitative estimate of drug-likeness (QED) is 0.395. The molecule has 0 unspecified atom stereocenters. The van der Waals surface area contributed by atoms with Crippen LogP contribution in [0.2, 0.25) is 0 Å². The van der Waals surface area contributed by atoms with Crippen LogP contribution in [0.1, 0.15) is 23.3 Å². The first kappa shape index (κ1) is 20.4. The summed E-state index contributed by atoms with van der Waals surface area (Å²) in [6, 6.07) is 12.4. The number of hydrogen-bond donors (Lipinski definition) is 2. The van der Waals surface area contributed by atoms with Crippen molar-refractivity contribution in [1.29, 1.82) is 0 Å². The van der Waals surface area contributed by atoms with E-state index in [4.69, 9.17) is 14.1 Å². The van der Waals surface area contributed by atoms with E-state index in [9.17, 15) is 0 Å². The lowest BCUT2D eigenvalue weighted by molar-refractivity contribution is 0.0376. The summed E-state index contributed by atoms with van der Waals surface area (Å²) in [7, 11) is 0. The van der Waals surface area contributed by atoms with Gasteiger partial charge in [0.25, 0.3) is 0 Å². The van der Waals surface area contributed by atoms with Gasteiger partial charge in [-0.2, -0.15) is 0 Å². The molecule has 1 aromatic carbocycles. The number of hydrogen-bond acceptors (Lipinski definition) is 4. The van der Waals surface area contributed by atoms with Crippen LogP contribution in [0, 0.1) is 6.92 Å². The highest BCUT2D eigenvalue weighted by Gasteiger charge is 2.09. The fraction of sp³-hybridized carbons (Fsp3) is 0.500. The molecule has 2 N–H and O–H groups in total. The molecule has 1 aromatic heterocycles. The molecule has 0 spiro atoms. The van der Waals surface area contributed by atoms with Gasteiger partial charge in [0, 0.05) is 32.6 Å². The number of rotatable bonds is 9. The molecule has 28 heavy (non-hydrogen) atoms. The first-order valence-corrected chi connectivity index (χ1v) is 10.2. The van der Waals surface area contributed by atoms with E-state index in [0.717, 1.165) is 70.5 Å². The van der Waals surface area contributed by atoms with Crippen molar-refractivity contribution in [3.8, 4) is 0 Å². The van der Waals surface area contributed by atoms with Crippen molar-refractivity contribution in [3.05, 3.63) is 59.5 Å². The van der Waals surface area contributed by atoms with Crippen molar-refractivity contribution in [2.75, 3.05) is 45.9 Å². The summed E-state index contributed by atoms with van der Waals surface area (Å²) in [5.74, 6) is 1.84. The van der Waals surface area contributed by atoms with Gasteiger partial charge >= 0.3 is 0 Å². The van der Waals surface area contributed by atoms with Gasteiger partial charge in [0.05, 0.1) is 26.0 Å². The van der Waals surface area contributed by atoms with Gasteiger partial charge in [0.1, 0.15) is 5.76 Å². The van der Waals surface area contributed by atoms with Crippen LogP contribution in [0.4, 0.5) is 0 Å². The molecule has 152 valence electrons. The predicted molar refractivity (Wildman–Crippen MR) is 113 cm³/mol. The molecule has 0 atom stereocenters. The Balaban J connectivity index is 1.46. The van der Waals surface area contributed by atoms with E-state index in [1.165, 1.54) is 11.1 Å². The van der Waals surface area contributed by atoms with E-state index < -0.39 is 0 Å². The molecular weight excluding hydrogens is 352 g/mol. The average molecular weight is 385 g/mol. The molecule has 0 saturated carbocycles. The zero-order chi connectivity index (χ0) is 19.4. The Bertz CT molecular complexity index is 709. The van der Waals surface area contributed by atoms with Crippen LogP contribution in [0.15, 0.2) is 52.1 Å². The molecule has 0 bridgehead atoms. The monoisotopic (exact) mass is 384 g/mol. The number of ether oxygens (including phenoxy) is 1. The minimum Gasteiger partial charge on any atom is -0.469 e. The molecule has 1 saturated heterocycles. The lowest BCUT2D eigenvalue weighted by Gasteiger charge is -2.26. The Kier molecular flexibility index (Phi) is 8.40. The van der Waals surface area contributed by atoms with E-state index in [0.29, 0.717) is 6.54 Å². The summed E-state index contributed by atoms with van der Waals surface area (Å²) in [5, 5.41) is 6.90. The highest BCUT2D eigenvalue weighted by molar-refractivity contribution is 5.79.